The second kappa shape index (κ2) is 10.6. The van der Waals surface area contributed by atoms with E-state index in [-0.39, 0.29) is 40.5 Å². The first-order chi connectivity index (χ1) is 19.7. The summed E-state index contributed by atoms with van der Waals surface area (Å²) in [5, 5.41) is 3.11. The molecule has 41 heavy (non-hydrogen) atoms. The predicted octanol–water partition coefficient (Wildman–Crippen LogP) is 4.42. The van der Waals surface area contributed by atoms with Gasteiger partial charge in [-0.2, -0.15) is 0 Å². The molecule has 4 heterocycles. The summed E-state index contributed by atoms with van der Waals surface area (Å²) in [6.07, 6.45) is 9.07. The highest BCUT2D eigenvalue weighted by Gasteiger charge is 2.35. The molecule has 11 nitrogen and oxygen atoms in total. The summed E-state index contributed by atoms with van der Waals surface area (Å²) in [5.74, 6) is 1.66. The Morgan fingerprint density at radius 1 is 0.951 bits per heavy atom. The van der Waals surface area contributed by atoms with E-state index in [1.54, 1.807) is 30.1 Å². The number of anilines is 1. The summed E-state index contributed by atoms with van der Waals surface area (Å²) in [5.41, 5.74) is 4.19. The largest absolute Gasteiger partial charge is 0.360 e. The molecule has 0 radical (unpaired) electrons. The number of nitrogens with one attached hydrogen (secondary N) is 1. The maximum Gasteiger partial charge on any atom is 0.295 e. The Bertz CT molecular complexity index is 1750. The molecule has 0 spiro atoms. The van der Waals surface area contributed by atoms with Gasteiger partial charge in [-0.25, -0.2) is 33.3 Å². The van der Waals surface area contributed by atoms with Crippen molar-refractivity contribution >= 4 is 26.8 Å². The summed E-state index contributed by atoms with van der Waals surface area (Å²) in [7, 11) is -3.34. The molecule has 6 rings (SSSR count). The van der Waals surface area contributed by atoms with E-state index >= 15 is 0 Å². The zero-order valence-corrected chi connectivity index (χ0v) is 24.5. The Hall–Kier alpha value is -3.80. The number of nitrogens with zero attached hydrogens (tertiary/aromatic N) is 7. The van der Waals surface area contributed by atoms with Crippen LogP contribution in [0.4, 0.5) is 5.82 Å². The number of pyridine rings is 1. The summed E-state index contributed by atoms with van der Waals surface area (Å²) in [6.45, 7) is 7.93. The van der Waals surface area contributed by atoms with Crippen LogP contribution in [-0.4, -0.2) is 48.6 Å². The van der Waals surface area contributed by atoms with Crippen molar-refractivity contribution in [1.29, 1.82) is 0 Å². The molecular weight excluding hydrogens is 540 g/mol. The van der Waals surface area contributed by atoms with Crippen LogP contribution < -0.4 is 10.9 Å². The lowest BCUT2D eigenvalue weighted by atomic mass is 10.0. The number of hydrogen-bond acceptors (Lipinski definition) is 10. The number of rotatable bonds is 10. The Labute approximate surface area is 238 Å². The highest BCUT2D eigenvalue weighted by Crippen LogP contribution is 2.48. The van der Waals surface area contributed by atoms with Gasteiger partial charge in [-0.3, -0.25) is 14.3 Å². The molecule has 4 aromatic heterocycles. The summed E-state index contributed by atoms with van der Waals surface area (Å²) in [4.78, 5) is 41.9. The van der Waals surface area contributed by atoms with Crippen LogP contribution in [0, 0.1) is 5.92 Å². The van der Waals surface area contributed by atoms with Gasteiger partial charge in [0, 0.05) is 24.1 Å². The molecule has 0 bridgehead atoms. The standard InChI is InChI=1S/C29H34N8O3S/c1-5-41(39,40)21-11-10-20(30-13-21)12-31-27-29(38)37(17(4)16(2)3)28-22(35-27)14-32-26(36-28)23-24(18-6-7-18)33-15-34-25(23)19-8-9-19/h10-11,13-19H,5-9,12H2,1-4H3,(H,31,35). The number of sulfone groups is 1. The van der Waals surface area contributed by atoms with E-state index in [0.717, 1.165) is 42.6 Å². The lowest BCUT2D eigenvalue weighted by molar-refractivity contribution is 0.406. The van der Waals surface area contributed by atoms with Crippen molar-refractivity contribution in [1.82, 2.24) is 34.5 Å². The molecule has 2 aliphatic rings. The molecule has 1 atom stereocenters. The molecular formula is C29H34N8O3S. The first-order valence-corrected chi connectivity index (χ1v) is 15.9. The van der Waals surface area contributed by atoms with Crippen LogP contribution in [0.3, 0.4) is 0 Å². The summed E-state index contributed by atoms with van der Waals surface area (Å²) < 4.78 is 25.9. The molecule has 2 saturated carbocycles. The van der Waals surface area contributed by atoms with Gasteiger partial charge in [0.25, 0.3) is 5.56 Å². The fraction of sp³-hybridized carbons (Fsp3) is 0.483. The van der Waals surface area contributed by atoms with Crippen LogP contribution in [0.2, 0.25) is 0 Å². The fourth-order valence-corrected chi connectivity index (χ4v) is 5.75. The van der Waals surface area contributed by atoms with Gasteiger partial charge in [0.05, 0.1) is 46.0 Å². The molecule has 0 saturated heterocycles. The van der Waals surface area contributed by atoms with Crippen molar-refractivity contribution in [2.24, 2.45) is 5.92 Å². The molecule has 12 heteroatoms. The van der Waals surface area contributed by atoms with Gasteiger partial charge < -0.3 is 5.32 Å². The van der Waals surface area contributed by atoms with Crippen LogP contribution in [0.1, 0.15) is 88.3 Å². The molecule has 1 unspecified atom stereocenters. The average Bonchev–Trinajstić information content (AvgIpc) is 3.89. The quantitative estimate of drug-likeness (QED) is 0.289. The number of fused-ring (bicyclic) bond motifs is 1. The Balaban J connectivity index is 1.40. The first-order valence-electron chi connectivity index (χ1n) is 14.2. The van der Waals surface area contributed by atoms with Crippen LogP contribution in [0.25, 0.3) is 22.6 Å². The van der Waals surface area contributed by atoms with Crippen LogP contribution in [-0.2, 0) is 16.4 Å². The van der Waals surface area contributed by atoms with Crippen LogP contribution in [0.15, 0.2) is 40.5 Å². The second-order valence-corrected chi connectivity index (χ2v) is 13.6. The predicted molar refractivity (Wildman–Crippen MR) is 155 cm³/mol. The zero-order valence-electron chi connectivity index (χ0n) is 23.7. The Morgan fingerprint density at radius 2 is 1.63 bits per heavy atom. The van der Waals surface area contributed by atoms with Crippen molar-refractivity contribution in [3.8, 4) is 11.4 Å². The monoisotopic (exact) mass is 574 g/mol. The van der Waals surface area contributed by atoms with Gasteiger partial charge in [-0.15, -0.1) is 0 Å². The summed E-state index contributed by atoms with van der Waals surface area (Å²) in [6, 6.07) is 3.01. The van der Waals surface area contributed by atoms with E-state index < -0.39 is 9.84 Å². The molecule has 2 fully saturated rings. The minimum absolute atomic E-state index is 0.00569. The van der Waals surface area contributed by atoms with Gasteiger partial charge in [0.15, 0.2) is 27.1 Å². The second-order valence-electron chi connectivity index (χ2n) is 11.3. The minimum atomic E-state index is -3.34. The van der Waals surface area contributed by atoms with E-state index in [1.807, 2.05) is 6.92 Å². The van der Waals surface area contributed by atoms with Gasteiger partial charge >= 0.3 is 0 Å². The topological polar surface area (TPSA) is 146 Å². The third-order valence-electron chi connectivity index (χ3n) is 8.04. The molecule has 1 N–H and O–H groups in total. The fourth-order valence-electron chi connectivity index (χ4n) is 4.93. The maximum atomic E-state index is 13.8. The van der Waals surface area contributed by atoms with Crippen LogP contribution >= 0.6 is 0 Å². The molecule has 214 valence electrons. The van der Waals surface area contributed by atoms with E-state index in [2.05, 4.69) is 39.1 Å². The maximum absolute atomic E-state index is 13.8. The Morgan fingerprint density at radius 3 is 2.20 bits per heavy atom. The van der Waals surface area contributed by atoms with E-state index in [0.29, 0.717) is 34.5 Å². The van der Waals surface area contributed by atoms with Crippen molar-refractivity contribution in [2.75, 3.05) is 11.1 Å². The first kappa shape index (κ1) is 27.4. The van der Waals surface area contributed by atoms with Crippen molar-refractivity contribution in [3.63, 3.8) is 0 Å². The number of hydrogen-bond donors (Lipinski definition) is 1. The van der Waals surface area contributed by atoms with Gasteiger partial charge in [0.1, 0.15) is 11.8 Å². The van der Waals surface area contributed by atoms with Gasteiger partial charge in [0.2, 0.25) is 0 Å². The molecule has 0 aromatic carbocycles. The lowest BCUT2D eigenvalue weighted by Crippen LogP contribution is -2.30. The van der Waals surface area contributed by atoms with Crippen molar-refractivity contribution in [2.45, 2.75) is 82.7 Å². The van der Waals surface area contributed by atoms with E-state index in [4.69, 9.17) is 9.97 Å². The third kappa shape index (κ3) is 5.32. The van der Waals surface area contributed by atoms with Crippen LogP contribution in [0.5, 0.6) is 0 Å². The minimum Gasteiger partial charge on any atom is -0.360 e. The molecule has 0 aliphatic heterocycles. The highest BCUT2D eigenvalue weighted by atomic mass is 32.2. The SMILES string of the molecule is CCS(=O)(=O)c1ccc(CNc2nc3cnc(-c4c(C5CC5)ncnc4C4CC4)nc3n(C(C)C(C)C)c2=O)nc1. The average molecular weight is 575 g/mol. The normalized spacial score (nSPS) is 16.3. The van der Waals surface area contributed by atoms with Crippen molar-refractivity contribution in [3.05, 3.63) is 58.3 Å². The van der Waals surface area contributed by atoms with Gasteiger partial charge in [-0.05, 0) is 50.7 Å². The van der Waals surface area contributed by atoms with E-state index in [9.17, 15) is 13.2 Å². The molecule has 2 aliphatic carbocycles. The molecule has 0 amide bonds. The number of aromatic nitrogens is 7. The smallest absolute Gasteiger partial charge is 0.295 e. The highest BCUT2D eigenvalue weighted by molar-refractivity contribution is 7.91. The van der Waals surface area contributed by atoms with E-state index in [1.165, 1.54) is 12.3 Å². The molecule has 4 aromatic rings. The van der Waals surface area contributed by atoms with Crippen molar-refractivity contribution < 1.29 is 8.42 Å². The van der Waals surface area contributed by atoms with Gasteiger partial charge in [-0.1, -0.05) is 20.8 Å². The summed E-state index contributed by atoms with van der Waals surface area (Å²) >= 11 is 0. The third-order valence-corrected chi connectivity index (χ3v) is 9.76. The zero-order chi connectivity index (χ0) is 28.9. The lowest BCUT2D eigenvalue weighted by Gasteiger charge is -2.22. The Kier molecular flexibility index (Phi) is 7.04.